The number of benzene rings is 5. The maximum Gasteiger partial charge on any atom is 0.110 e. The molecule has 8 nitrogen and oxygen atoms in total. The third kappa shape index (κ3) is 18.2. The van der Waals surface area contributed by atoms with Crippen LogP contribution in [0.2, 0.25) is 0 Å². The zero-order valence-corrected chi connectivity index (χ0v) is 81.6. The lowest BCUT2D eigenvalue weighted by Crippen LogP contribution is -2.61. The highest BCUT2D eigenvalue weighted by Gasteiger charge is 2.62. The lowest BCUT2D eigenvalue weighted by molar-refractivity contribution is -0.0116. The van der Waals surface area contributed by atoms with E-state index in [0.29, 0.717) is 48.3 Å². The van der Waals surface area contributed by atoms with Gasteiger partial charge in [0.1, 0.15) is 24.7 Å². The molecule has 5 aromatic carbocycles. The molecule has 10 fully saturated rings. The molecular formula is C125H182N8. The second-order valence-electron chi connectivity index (χ2n) is 44.6. The van der Waals surface area contributed by atoms with E-state index < -0.39 is 6.02 Å². The number of para-hydroxylation sites is 4. The highest BCUT2D eigenvalue weighted by molar-refractivity contribution is 5.68. The summed E-state index contributed by atoms with van der Waals surface area (Å²) >= 11 is 0. The van der Waals surface area contributed by atoms with Crippen molar-refractivity contribution in [3.63, 3.8) is 0 Å². The second kappa shape index (κ2) is 43.6. The van der Waals surface area contributed by atoms with E-state index in [9.17, 15) is 1.37 Å². The molecule has 0 radical (unpaired) electrons. The molecule has 0 saturated heterocycles. The van der Waals surface area contributed by atoms with E-state index in [1.54, 1.807) is 11.4 Å². The molecule has 8 heteroatoms. The molecule has 0 bridgehead atoms. The summed E-state index contributed by atoms with van der Waals surface area (Å²) in [5.41, 5.74) is 24.9. The Kier molecular flexibility index (Phi) is 31.8. The van der Waals surface area contributed by atoms with Crippen molar-refractivity contribution >= 4 is 22.7 Å². The topological polar surface area (TPSA) is 25.9 Å². The Hall–Kier alpha value is -7.58. The Labute approximate surface area is 813 Å². The summed E-state index contributed by atoms with van der Waals surface area (Å²) in [6, 6.07) is 47.2. The van der Waals surface area contributed by atoms with E-state index in [0.717, 1.165) is 35.5 Å². The van der Waals surface area contributed by atoms with Gasteiger partial charge < -0.3 is 39.2 Å². The number of nitrogens with zero attached hydrogens (tertiary/aromatic N) is 8. The number of fused-ring (bicyclic) bond motifs is 4. The minimum absolute atomic E-state index is 0. The molecule has 0 aromatic heterocycles. The molecule has 722 valence electrons. The van der Waals surface area contributed by atoms with Crippen LogP contribution in [0.4, 0.5) is 22.7 Å². The average molecular weight is 1800 g/mol. The van der Waals surface area contributed by atoms with Crippen molar-refractivity contribution in [2.45, 2.75) is 447 Å². The van der Waals surface area contributed by atoms with Crippen LogP contribution in [0.15, 0.2) is 222 Å². The lowest BCUT2D eigenvalue weighted by atomic mass is 9.63. The van der Waals surface area contributed by atoms with E-state index in [2.05, 4.69) is 271 Å². The highest BCUT2D eigenvalue weighted by atomic mass is 15.5. The summed E-state index contributed by atoms with van der Waals surface area (Å²) in [7, 11) is 0. The first-order chi connectivity index (χ1) is 63.8. The minimum Gasteiger partial charge on any atom is -0.342 e. The molecule has 0 N–H and O–H groups in total. The van der Waals surface area contributed by atoms with Crippen LogP contribution < -0.4 is 19.6 Å². The predicted molar refractivity (Wildman–Crippen MR) is 570 cm³/mol. The van der Waals surface area contributed by atoms with Crippen LogP contribution in [0.5, 0.6) is 0 Å². The summed E-state index contributed by atoms with van der Waals surface area (Å²) in [4.78, 5) is 22.6. The van der Waals surface area contributed by atoms with Gasteiger partial charge in [-0.2, -0.15) is 0 Å². The SMILES string of the molecule is C.C.C.C.CC1=C2C=CC(C3CCCCC3)(C3CCCC3)N2C(C2CCCCC2)N1c1ccccc1C.CC1=C2C=CC(C3CCCCC3)(C3CCCCC3)N2C(C2CCCCC2)N1c1ccccc1C.CC1=C2C=CC(c3ccccc3)(C3CCCCC3)N2C(C2CCCCC2)N1c1ccccc1C.[2H]C1(C2CCCCC2)C=CC2=C(C)N(c3ccccc3C)C(C3CCCCC3)N21. The first kappa shape index (κ1) is 97.1. The third-order valence-corrected chi connectivity index (χ3v) is 37.6. The van der Waals surface area contributed by atoms with Gasteiger partial charge in [-0.15, -0.1) is 0 Å². The number of hydrogen-bond donors (Lipinski definition) is 0. The number of rotatable bonds is 15. The summed E-state index contributed by atoms with van der Waals surface area (Å²) in [6.07, 6.45) is 90.1. The molecule has 10 saturated carbocycles. The van der Waals surface area contributed by atoms with E-state index in [1.807, 2.05) is 0 Å². The van der Waals surface area contributed by atoms with Crippen LogP contribution in [-0.4, -0.2) is 61.4 Å². The van der Waals surface area contributed by atoms with Crippen LogP contribution in [0.1, 0.15) is 401 Å². The summed E-state index contributed by atoms with van der Waals surface area (Å²) < 4.78 is 9.73. The van der Waals surface area contributed by atoms with Crippen molar-refractivity contribution in [2.75, 3.05) is 19.6 Å². The van der Waals surface area contributed by atoms with Crippen LogP contribution in [0, 0.1) is 86.9 Å². The van der Waals surface area contributed by atoms with E-state index in [-0.39, 0.29) is 46.3 Å². The monoisotopic (exact) mass is 1800 g/mol. The third-order valence-electron chi connectivity index (χ3n) is 37.6. The number of allylic oxidation sites excluding steroid dienone is 8. The van der Waals surface area contributed by atoms with Crippen molar-refractivity contribution in [1.82, 2.24) is 19.6 Å². The fraction of sp³-hybridized carbons (Fsp3) is 0.632. The summed E-state index contributed by atoms with van der Waals surface area (Å²) in [5.74, 6) is 7.35. The van der Waals surface area contributed by atoms with Crippen molar-refractivity contribution in [1.29, 1.82) is 0 Å². The van der Waals surface area contributed by atoms with Gasteiger partial charge in [-0.1, -0.05) is 343 Å². The molecule has 5 aromatic rings. The van der Waals surface area contributed by atoms with Crippen LogP contribution in [0.25, 0.3) is 0 Å². The van der Waals surface area contributed by atoms with E-state index in [4.69, 9.17) is 0 Å². The molecule has 8 heterocycles. The normalized spacial score (nSPS) is 29.2. The van der Waals surface area contributed by atoms with Gasteiger partial charge in [0.25, 0.3) is 0 Å². The van der Waals surface area contributed by atoms with Gasteiger partial charge in [0, 0.05) is 45.5 Å². The molecule has 10 aliphatic carbocycles. The lowest BCUT2D eigenvalue weighted by Gasteiger charge is -2.56. The molecule has 7 atom stereocenters. The van der Waals surface area contributed by atoms with Crippen molar-refractivity contribution in [2.24, 2.45) is 59.2 Å². The second-order valence-corrected chi connectivity index (χ2v) is 44.6. The smallest absolute Gasteiger partial charge is 0.110 e. The predicted octanol–water partition coefficient (Wildman–Crippen LogP) is 34.7. The van der Waals surface area contributed by atoms with Gasteiger partial charge in [-0.25, -0.2) is 0 Å². The highest BCUT2D eigenvalue weighted by Crippen LogP contribution is 2.63. The Morgan fingerprint density at radius 2 is 0.489 bits per heavy atom. The quantitative estimate of drug-likeness (QED) is 0.102. The maximum absolute atomic E-state index is 9.73. The van der Waals surface area contributed by atoms with Gasteiger partial charge >= 0.3 is 0 Å². The first-order valence-electron chi connectivity index (χ1n) is 55.0. The molecule has 0 amide bonds. The van der Waals surface area contributed by atoms with Crippen LogP contribution >= 0.6 is 0 Å². The maximum atomic E-state index is 9.73. The van der Waals surface area contributed by atoms with Crippen LogP contribution in [0.3, 0.4) is 0 Å². The molecule has 23 rings (SSSR count). The summed E-state index contributed by atoms with van der Waals surface area (Å²) in [5, 5.41) is 0. The van der Waals surface area contributed by atoms with Gasteiger partial charge in [-0.05, 0) is 319 Å². The number of aryl methyl sites for hydroxylation is 4. The Bertz CT molecular complexity index is 4940. The van der Waals surface area contributed by atoms with Gasteiger partial charge in [0.15, 0.2) is 0 Å². The van der Waals surface area contributed by atoms with E-state index >= 15 is 0 Å². The van der Waals surface area contributed by atoms with Gasteiger partial charge in [0.05, 0.1) is 46.8 Å². The first-order valence-corrected chi connectivity index (χ1v) is 54.5. The molecule has 133 heavy (non-hydrogen) atoms. The molecule has 8 aliphatic heterocycles. The Morgan fingerprint density at radius 1 is 0.241 bits per heavy atom. The molecule has 18 aliphatic rings. The number of anilines is 4. The fourth-order valence-corrected chi connectivity index (χ4v) is 31.4. The zero-order valence-electron chi connectivity index (χ0n) is 82.6. The Balaban J connectivity index is 0.000000129. The average Bonchev–Trinajstić information content (AvgIpc) is 1.55. The van der Waals surface area contributed by atoms with Crippen molar-refractivity contribution in [3.05, 3.63) is 249 Å². The standard InChI is InChI=1S/C32H46N2.C32H40N2.C31H44N2.C26H36N2.4CH4/c2*1-24-14-12-13-21-29(24)33-25(2)30-22-23-32(27-17-8-4-9-18-27,28-19-10-5-11-20-28)34(30)31(33)26-15-6-3-7-16-26;1-23-13-9-12-20-28(23)32-24(2)29-21-22-31(27-18-10-11-19-27,26-16-7-4-8-17-26)33(29)30(32)25-14-5-3-6-15-25;1-19-11-9-10-16-23(19)27-20(2)24-17-18-25(21-12-5-3-6-13-21)28(24)26(27)22-14-7-4-8-15-22;;;;/h12-14,21-23,26-28,31H,3-11,15-20H2,1-2H3;4,8-9,12-14,17-18,21-23,26,28,31H,3,5-7,10-11,15-16,19-20H2,1-2H3;9,12-13,20-22,25-27,30H,3-8,10-11,14-19H2,1-2H3;9-11,16-18,21-22,25-26H,3-8,12-15H2,1-2H3;4*1H4/i;;;25D;;;;. The fourth-order valence-electron chi connectivity index (χ4n) is 31.4. The number of hydrogen-bond acceptors (Lipinski definition) is 8. The summed E-state index contributed by atoms with van der Waals surface area (Å²) in [6.45, 7) is 18.7. The molecule has 7 unspecified atom stereocenters. The largest absolute Gasteiger partial charge is 0.342 e. The Morgan fingerprint density at radius 3 is 0.820 bits per heavy atom. The zero-order chi connectivity index (χ0) is 88.7. The van der Waals surface area contributed by atoms with Crippen molar-refractivity contribution in [3.8, 4) is 0 Å². The minimum atomic E-state index is -0.573. The van der Waals surface area contributed by atoms with Crippen molar-refractivity contribution < 1.29 is 1.37 Å². The molecular weight excluding hydrogens is 1610 g/mol. The molecule has 0 spiro atoms. The van der Waals surface area contributed by atoms with Crippen LogP contribution in [-0.2, 0) is 5.54 Å². The van der Waals surface area contributed by atoms with E-state index in [1.165, 1.54) is 399 Å². The van der Waals surface area contributed by atoms with Gasteiger partial charge in [0.2, 0.25) is 0 Å². The van der Waals surface area contributed by atoms with Gasteiger partial charge in [-0.3, -0.25) is 0 Å².